The van der Waals surface area contributed by atoms with Crippen molar-refractivity contribution in [1.29, 1.82) is 0 Å². The van der Waals surface area contributed by atoms with Crippen LogP contribution in [0.15, 0.2) is 58.2 Å². The highest BCUT2D eigenvalue weighted by molar-refractivity contribution is 8.01. The summed E-state index contributed by atoms with van der Waals surface area (Å²) in [6.07, 6.45) is -7.83. The van der Waals surface area contributed by atoms with Crippen molar-refractivity contribution in [3.8, 4) is 0 Å². The first-order valence-corrected chi connectivity index (χ1v) is 11.1. The van der Waals surface area contributed by atoms with Crippen LogP contribution in [-0.4, -0.2) is 42.7 Å². The van der Waals surface area contributed by atoms with Gasteiger partial charge in [0.2, 0.25) is 0 Å². The summed E-state index contributed by atoms with van der Waals surface area (Å²) in [5.41, 5.74) is 0.567. The number of carboxylic acid groups (broad SMARTS) is 1. The molecule has 0 spiro atoms. The summed E-state index contributed by atoms with van der Waals surface area (Å²) in [6.45, 7) is 4.79. The summed E-state index contributed by atoms with van der Waals surface area (Å²) >= 11 is 1.01. The number of nitrogens with zero attached hydrogens (tertiary/aromatic N) is 2. The number of aliphatic carboxylic acids is 1. The molecule has 0 saturated heterocycles. The summed E-state index contributed by atoms with van der Waals surface area (Å²) in [5.74, 6) is -3.18. The van der Waals surface area contributed by atoms with Gasteiger partial charge in [-0.2, -0.15) is 18.3 Å². The number of carbonyl (C=O) groups excluding carboxylic acids is 1. The fraction of sp³-hybridized carbons (Fsp3) is 0.304. The number of halogens is 3. The SMILES string of the molecule is Cc1ccc(Cn2nc([C@@H](OC(=O)c3ccc(SC(C)(C)C(=O)O)cc3)C(F)(F)F)[nH]c2=O)cc1. The van der Waals surface area contributed by atoms with E-state index in [2.05, 4.69) is 9.84 Å². The molecule has 35 heavy (non-hydrogen) atoms. The van der Waals surface area contributed by atoms with Gasteiger partial charge in [0.15, 0.2) is 5.82 Å². The largest absolute Gasteiger partial charge is 0.480 e. The van der Waals surface area contributed by atoms with E-state index in [0.717, 1.165) is 22.0 Å². The number of ether oxygens (including phenoxy) is 1. The fourth-order valence-corrected chi connectivity index (χ4v) is 3.86. The van der Waals surface area contributed by atoms with E-state index in [-0.39, 0.29) is 12.1 Å². The first kappa shape index (κ1) is 26.1. The smallest absolute Gasteiger partial charge is 0.433 e. The van der Waals surface area contributed by atoms with Gasteiger partial charge in [0.1, 0.15) is 4.75 Å². The molecule has 0 aliphatic heterocycles. The number of esters is 1. The molecule has 0 saturated carbocycles. The van der Waals surface area contributed by atoms with Crippen molar-refractivity contribution in [2.24, 2.45) is 0 Å². The number of rotatable bonds is 8. The van der Waals surface area contributed by atoms with Crippen LogP contribution < -0.4 is 5.69 Å². The molecule has 0 fully saturated rings. The highest BCUT2D eigenvalue weighted by atomic mass is 32.2. The Labute approximate surface area is 202 Å². The van der Waals surface area contributed by atoms with Gasteiger partial charge < -0.3 is 9.84 Å². The molecule has 12 heteroatoms. The lowest BCUT2D eigenvalue weighted by molar-refractivity contribution is -0.209. The average Bonchev–Trinajstić information content (AvgIpc) is 3.12. The highest BCUT2D eigenvalue weighted by Gasteiger charge is 2.47. The normalized spacial score (nSPS) is 12.9. The number of H-pyrrole nitrogens is 1. The Bertz CT molecular complexity index is 1270. The summed E-state index contributed by atoms with van der Waals surface area (Å²) < 4.78 is 45.5. The second-order valence-corrected chi connectivity index (χ2v) is 9.92. The molecule has 2 aromatic carbocycles. The van der Waals surface area contributed by atoms with Crippen molar-refractivity contribution in [2.45, 2.75) is 49.2 Å². The standard InChI is InChI=1S/C23H22F3N3O5S/c1-13-4-6-14(7-5-13)12-29-21(33)27-18(28-29)17(23(24,25)26)34-19(30)15-8-10-16(11-9-15)35-22(2,3)20(31)32/h4-11,17H,12H2,1-3H3,(H,31,32)(H,27,28,33)/t17-/m1/s1. The average molecular weight is 510 g/mol. The molecule has 0 radical (unpaired) electrons. The van der Waals surface area contributed by atoms with Gasteiger partial charge in [0.25, 0.3) is 6.10 Å². The van der Waals surface area contributed by atoms with E-state index in [0.29, 0.717) is 10.5 Å². The molecular formula is C23H22F3N3O5S. The minimum Gasteiger partial charge on any atom is -0.480 e. The van der Waals surface area contributed by atoms with Crippen LogP contribution in [0.2, 0.25) is 0 Å². The molecule has 0 bridgehead atoms. The van der Waals surface area contributed by atoms with E-state index in [4.69, 9.17) is 0 Å². The van der Waals surface area contributed by atoms with Crippen LogP contribution in [0.5, 0.6) is 0 Å². The zero-order valence-electron chi connectivity index (χ0n) is 18.9. The van der Waals surface area contributed by atoms with Gasteiger partial charge in [-0.05, 0) is 50.6 Å². The lowest BCUT2D eigenvalue weighted by Crippen LogP contribution is -2.28. The first-order chi connectivity index (χ1) is 16.3. The van der Waals surface area contributed by atoms with Crippen molar-refractivity contribution >= 4 is 23.7 Å². The number of aromatic nitrogens is 3. The van der Waals surface area contributed by atoms with Gasteiger partial charge in [-0.1, -0.05) is 29.8 Å². The van der Waals surface area contributed by atoms with Crippen LogP contribution in [0.4, 0.5) is 13.2 Å². The first-order valence-electron chi connectivity index (χ1n) is 10.3. The molecule has 1 atom stereocenters. The van der Waals surface area contributed by atoms with Crippen molar-refractivity contribution in [1.82, 2.24) is 14.8 Å². The number of alkyl halides is 3. The number of nitrogens with one attached hydrogen (secondary N) is 1. The van der Waals surface area contributed by atoms with E-state index < -0.39 is 40.5 Å². The number of carbonyl (C=O) groups is 2. The van der Waals surface area contributed by atoms with Crippen molar-refractivity contribution in [3.63, 3.8) is 0 Å². The van der Waals surface area contributed by atoms with Crippen LogP contribution >= 0.6 is 11.8 Å². The van der Waals surface area contributed by atoms with Crippen molar-refractivity contribution in [2.75, 3.05) is 0 Å². The number of hydrogen-bond acceptors (Lipinski definition) is 6. The lowest BCUT2D eigenvalue weighted by atomic mass is 10.1. The van der Waals surface area contributed by atoms with Gasteiger partial charge in [-0.15, -0.1) is 11.8 Å². The number of benzene rings is 2. The monoisotopic (exact) mass is 509 g/mol. The Balaban J connectivity index is 1.79. The summed E-state index contributed by atoms with van der Waals surface area (Å²) in [6, 6.07) is 12.3. The zero-order chi connectivity index (χ0) is 26.0. The predicted octanol–water partition coefficient (Wildman–Crippen LogP) is 4.34. The maximum Gasteiger partial charge on any atom is 0.433 e. The molecule has 0 aliphatic carbocycles. The third kappa shape index (κ3) is 6.53. The number of aromatic amines is 1. The topological polar surface area (TPSA) is 114 Å². The molecule has 186 valence electrons. The van der Waals surface area contributed by atoms with Crippen molar-refractivity contribution < 1.29 is 32.6 Å². The molecule has 3 rings (SSSR count). The number of carboxylic acids is 1. The molecular weight excluding hydrogens is 487 g/mol. The van der Waals surface area contributed by atoms with Crippen LogP contribution in [-0.2, 0) is 16.1 Å². The quantitative estimate of drug-likeness (QED) is 0.343. The van der Waals surface area contributed by atoms with Gasteiger partial charge in [0.05, 0.1) is 12.1 Å². The predicted molar refractivity (Wildman–Crippen MR) is 121 cm³/mol. The molecule has 2 N–H and O–H groups in total. The minimum absolute atomic E-state index is 0.0695. The minimum atomic E-state index is -5.04. The maximum absolute atomic E-state index is 13.7. The third-order valence-electron chi connectivity index (χ3n) is 4.90. The Morgan fingerprint density at radius 1 is 1.11 bits per heavy atom. The Kier molecular flexibility index (Phi) is 7.44. The van der Waals surface area contributed by atoms with E-state index in [1.54, 1.807) is 24.3 Å². The van der Waals surface area contributed by atoms with Crippen LogP contribution in [0, 0.1) is 6.92 Å². The summed E-state index contributed by atoms with van der Waals surface area (Å²) in [7, 11) is 0. The Morgan fingerprint density at radius 2 is 1.71 bits per heavy atom. The van der Waals surface area contributed by atoms with E-state index >= 15 is 0 Å². The Hall–Kier alpha value is -3.54. The molecule has 1 heterocycles. The molecule has 0 amide bonds. The fourth-order valence-electron chi connectivity index (χ4n) is 2.92. The highest BCUT2D eigenvalue weighted by Crippen LogP contribution is 2.35. The van der Waals surface area contributed by atoms with E-state index in [9.17, 15) is 32.7 Å². The van der Waals surface area contributed by atoms with Crippen LogP contribution in [0.25, 0.3) is 0 Å². The van der Waals surface area contributed by atoms with Gasteiger partial charge in [-0.3, -0.25) is 9.78 Å². The van der Waals surface area contributed by atoms with Gasteiger partial charge >= 0.3 is 23.8 Å². The zero-order valence-corrected chi connectivity index (χ0v) is 19.7. The second kappa shape index (κ2) is 9.98. The van der Waals surface area contributed by atoms with Crippen LogP contribution in [0.3, 0.4) is 0 Å². The molecule has 1 aromatic heterocycles. The summed E-state index contributed by atoms with van der Waals surface area (Å²) in [4.78, 5) is 38.4. The molecule has 0 aliphatic rings. The molecule has 8 nitrogen and oxygen atoms in total. The van der Waals surface area contributed by atoms with Gasteiger partial charge in [0, 0.05) is 4.90 Å². The van der Waals surface area contributed by atoms with E-state index in [1.165, 1.54) is 38.1 Å². The van der Waals surface area contributed by atoms with Crippen LogP contribution in [0.1, 0.15) is 47.3 Å². The van der Waals surface area contributed by atoms with E-state index in [1.807, 2.05) is 11.9 Å². The maximum atomic E-state index is 13.7. The third-order valence-corrected chi connectivity index (χ3v) is 6.09. The second-order valence-electron chi connectivity index (χ2n) is 8.23. The number of hydrogen-bond donors (Lipinski definition) is 2. The molecule has 0 unspecified atom stereocenters. The Morgan fingerprint density at radius 3 is 2.26 bits per heavy atom. The molecule has 3 aromatic rings. The lowest BCUT2D eigenvalue weighted by Gasteiger charge is -2.19. The summed E-state index contributed by atoms with van der Waals surface area (Å²) in [5, 5.41) is 12.9. The number of aryl methyl sites for hydroxylation is 1. The van der Waals surface area contributed by atoms with Gasteiger partial charge in [-0.25, -0.2) is 14.3 Å². The number of thioether (sulfide) groups is 1. The van der Waals surface area contributed by atoms with Crippen molar-refractivity contribution in [3.05, 3.63) is 81.5 Å².